The van der Waals surface area contributed by atoms with Gasteiger partial charge in [-0.25, -0.2) is 0 Å². The van der Waals surface area contributed by atoms with E-state index in [1.54, 1.807) is 0 Å². The van der Waals surface area contributed by atoms with Crippen LogP contribution < -0.4 is 0 Å². The summed E-state index contributed by atoms with van der Waals surface area (Å²) < 4.78 is 6.89. The van der Waals surface area contributed by atoms with Crippen LogP contribution in [0.4, 0.5) is 0 Å². The molecular formula is C5H13N. The van der Waals surface area contributed by atoms with Gasteiger partial charge in [0.1, 0.15) is 0 Å². The topological polar surface area (TPSA) is 3.24 Å². The zero-order valence-corrected chi connectivity index (χ0v) is 4.57. The Morgan fingerprint density at radius 2 is 2.00 bits per heavy atom. The monoisotopic (exact) mass is 89.1 g/mol. The molecule has 0 aliphatic rings. The Morgan fingerprint density at radius 1 is 1.50 bits per heavy atom. The first-order valence-electron chi connectivity index (χ1n) is 3.07. The van der Waals surface area contributed by atoms with Crippen molar-refractivity contribution in [1.29, 1.82) is 0 Å². The second-order valence-corrected chi connectivity index (χ2v) is 1.30. The van der Waals surface area contributed by atoms with Crippen molar-refractivity contribution >= 4 is 0 Å². The van der Waals surface area contributed by atoms with Gasteiger partial charge in [-0.2, -0.15) is 0 Å². The van der Waals surface area contributed by atoms with Crippen LogP contribution in [-0.2, 0) is 0 Å². The number of rotatable bonds is 2. The molecule has 0 fully saturated rings. The summed E-state index contributed by atoms with van der Waals surface area (Å²) in [4.78, 5) is 2.04. The normalized spacial score (nSPS) is 12.2. The van der Waals surface area contributed by atoms with Crippen molar-refractivity contribution < 1.29 is 1.37 Å². The Labute approximate surface area is 41.4 Å². The molecule has 0 amide bonds. The number of hydrogen-bond acceptors (Lipinski definition) is 1. The third-order valence-electron chi connectivity index (χ3n) is 0.894. The molecule has 6 heavy (non-hydrogen) atoms. The summed E-state index contributed by atoms with van der Waals surface area (Å²) in [6.45, 7) is 6.14. The Balaban J connectivity index is 2.99. The van der Waals surface area contributed by atoms with Crippen LogP contribution in [0.3, 0.4) is 0 Å². The fraction of sp³-hybridized carbons (Fsp3) is 1.00. The molecule has 0 radical (unpaired) electrons. The van der Waals surface area contributed by atoms with Crippen LogP contribution in [0.2, 0.25) is 0 Å². The van der Waals surface area contributed by atoms with E-state index < -0.39 is 0 Å². The highest BCUT2D eigenvalue weighted by atomic mass is 15.1. The smallest absolute Gasteiger partial charge is 0.0394 e. The SMILES string of the molecule is [3H]CN(CC)CC. The van der Waals surface area contributed by atoms with Crippen molar-refractivity contribution in [3.05, 3.63) is 0 Å². The first-order chi connectivity index (χ1) is 3.35. The van der Waals surface area contributed by atoms with Gasteiger partial charge in [0.15, 0.2) is 0 Å². The van der Waals surface area contributed by atoms with Crippen molar-refractivity contribution in [3.63, 3.8) is 0 Å². The van der Waals surface area contributed by atoms with E-state index in [1.807, 2.05) is 4.90 Å². The average Bonchev–Trinajstić information content (AvgIpc) is 1.72. The Kier molecular flexibility index (Phi) is 2.18. The minimum atomic E-state index is 0.438. The maximum atomic E-state index is 6.89. The molecule has 38 valence electrons. The molecule has 0 saturated heterocycles. The molecule has 0 bridgehead atoms. The summed E-state index contributed by atoms with van der Waals surface area (Å²) >= 11 is 0. The van der Waals surface area contributed by atoms with E-state index in [4.69, 9.17) is 1.37 Å². The molecule has 0 atom stereocenters. The van der Waals surface area contributed by atoms with E-state index in [9.17, 15) is 0 Å². The maximum absolute atomic E-state index is 6.89. The Hall–Kier alpha value is -0.0400. The molecule has 0 aliphatic heterocycles. The summed E-state index contributed by atoms with van der Waals surface area (Å²) in [6, 6.07) is 0. The average molecular weight is 89.2 g/mol. The zero-order chi connectivity index (χ0) is 5.70. The van der Waals surface area contributed by atoms with Crippen molar-refractivity contribution in [2.75, 3.05) is 20.1 Å². The molecule has 0 rings (SSSR count). The van der Waals surface area contributed by atoms with Crippen LogP contribution in [0, 0.1) is 0 Å². The third kappa shape index (κ3) is 2.21. The van der Waals surface area contributed by atoms with Gasteiger partial charge in [0.2, 0.25) is 0 Å². The molecule has 0 saturated carbocycles. The molecule has 0 unspecified atom stereocenters. The predicted octanol–water partition coefficient (Wildman–Crippen LogP) is 0.958. The number of hydrogen-bond donors (Lipinski definition) is 0. The summed E-state index contributed by atoms with van der Waals surface area (Å²) in [5.41, 5.74) is 0. The van der Waals surface area contributed by atoms with E-state index in [0.717, 1.165) is 13.1 Å². The van der Waals surface area contributed by atoms with Gasteiger partial charge in [-0.3, -0.25) is 0 Å². The van der Waals surface area contributed by atoms with E-state index in [-0.39, 0.29) is 0 Å². The van der Waals surface area contributed by atoms with Crippen molar-refractivity contribution in [2.24, 2.45) is 0 Å². The first kappa shape index (κ1) is 4.13. The summed E-state index contributed by atoms with van der Waals surface area (Å²) in [5, 5.41) is 0. The van der Waals surface area contributed by atoms with Gasteiger partial charge in [-0.1, -0.05) is 13.8 Å². The highest BCUT2D eigenvalue weighted by molar-refractivity contribution is 4.36. The molecule has 0 N–H and O–H groups in total. The quantitative estimate of drug-likeness (QED) is 0.487. The fourth-order valence-corrected chi connectivity index (χ4v) is 0.224. The van der Waals surface area contributed by atoms with Gasteiger partial charge in [0.05, 0.1) is 0 Å². The van der Waals surface area contributed by atoms with E-state index in [0.29, 0.717) is 7.02 Å². The van der Waals surface area contributed by atoms with Crippen molar-refractivity contribution in [1.82, 2.24) is 4.90 Å². The third-order valence-corrected chi connectivity index (χ3v) is 0.894. The first-order valence-corrected chi connectivity index (χ1v) is 2.36. The van der Waals surface area contributed by atoms with Gasteiger partial charge in [-0.05, 0) is 20.1 Å². The van der Waals surface area contributed by atoms with Gasteiger partial charge >= 0.3 is 0 Å². The van der Waals surface area contributed by atoms with Gasteiger partial charge in [-0.15, -0.1) is 0 Å². The summed E-state index contributed by atoms with van der Waals surface area (Å²) in [5.74, 6) is 0. The van der Waals surface area contributed by atoms with E-state index in [2.05, 4.69) is 13.8 Å². The van der Waals surface area contributed by atoms with Crippen LogP contribution in [-0.4, -0.2) is 25.0 Å². The summed E-state index contributed by atoms with van der Waals surface area (Å²) in [7, 11) is 0.438. The van der Waals surface area contributed by atoms with Crippen LogP contribution in [0.25, 0.3) is 0 Å². The highest BCUT2D eigenvalue weighted by Crippen LogP contribution is 1.73. The van der Waals surface area contributed by atoms with Crippen molar-refractivity contribution in [3.8, 4) is 0 Å². The second kappa shape index (κ2) is 3.16. The van der Waals surface area contributed by atoms with Gasteiger partial charge in [0, 0.05) is 1.37 Å². The number of nitrogens with zero attached hydrogens (tertiary/aromatic N) is 1. The second-order valence-electron chi connectivity index (χ2n) is 1.30. The molecule has 0 heterocycles. The van der Waals surface area contributed by atoms with Crippen LogP contribution in [0.5, 0.6) is 0 Å². The maximum Gasteiger partial charge on any atom is 0.0394 e. The Morgan fingerprint density at radius 3 is 2.00 bits per heavy atom. The Bertz CT molecular complexity index is 29.6. The lowest BCUT2D eigenvalue weighted by Gasteiger charge is -2.07. The van der Waals surface area contributed by atoms with Gasteiger partial charge < -0.3 is 4.90 Å². The molecule has 0 aliphatic carbocycles. The van der Waals surface area contributed by atoms with Crippen LogP contribution >= 0.6 is 0 Å². The molecular weight excluding hydrogens is 74.1 g/mol. The lowest BCUT2D eigenvalue weighted by Crippen LogP contribution is -2.15. The fourth-order valence-electron chi connectivity index (χ4n) is 0.224. The molecule has 1 nitrogen and oxygen atoms in total. The molecule has 0 aromatic carbocycles. The molecule has 1 heteroatoms. The molecule has 0 aromatic rings. The lowest BCUT2D eigenvalue weighted by atomic mass is 10.6. The lowest BCUT2D eigenvalue weighted by molar-refractivity contribution is 0.373. The minimum absolute atomic E-state index is 0.438. The predicted molar refractivity (Wildman–Crippen MR) is 28.8 cm³/mol. The molecule has 0 spiro atoms. The standard InChI is InChI=1S/C5H13N/c1-4-6(3)5-2/h4-5H2,1-3H3/i3T. The molecule has 0 aromatic heterocycles. The minimum Gasteiger partial charge on any atom is -0.307 e. The van der Waals surface area contributed by atoms with Crippen LogP contribution in [0.15, 0.2) is 0 Å². The van der Waals surface area contributed by atoms with Gasteiger partial charge in [0.25, 0.3) is 0 Å². The summed E-state index contributed by atoms with van der Waals surface area (Å²) in [6.07, 6.45) is 0. The largest absolute Gasteiger partial charge is 0.307 e. The van der Waals surface area contributed by atoms with E-state index >= 15 is 0 Å². The van der Waals surface area contributed by atoms with E-state index in [1.165, 1.54) is 0 Å². The van der Waals surface area contributed by atoms with Crippen LogP contribution in [0.1, 0.15) is 15.2 Å². The highest BCUT2D eigenvalue weighted by Gasteiger charge is 1.81. The zero-order valence-electron chi connectivity index (χ0n) is 5.57. The van der Waals surface area contributed by atoms with Crippen molar-refractivity contribution in [2.45, 2.75) is 13.8 Å².